The van der Waals surface area contributed by atoms with E-state index in [9.17, 15) is 9.59 Å². The van der Waals surface area contributed by atoms with Gasteiger partial charge in [0, 0.05) is 17.3 Å². The number of benzene rings is 1. The van der Waals surface area contributed by atoms with Crippen LogP contribution in [0.4, 0.5) is 0 Å². The number of halogens is 2. The number of rotatable bonds is 4. The molecule has 0 aliphatic carbocycles. The van der Waals surface area contributed by atoms with Crippen LogP contribution in [0.25, 0.3) is 0 Å². The highest BCUT2D eigenvalue weighted by Gasteiger charge is 2.12. The summed E-state index contributed by atoms with van der Waals surface area (Å²) < 4.78 is 0. The molecule has 1 amide bonds. The molecule has 110 valence electrons. The molecule has 0 spiro atoms. The van der Waals surface area contributed by atoms with E-state index in [2.05, 4.69) is 10.3 Å². The van der Waals surface area contributed by atoms with Crippen LogP contribution in [0.3, 0.4) is 0 Å². The van der Waals surface area contributed by atoms with Crippen molar-refractivity contribution in [3.05, 3.63) is 68.1 Å². The maximum absolute atomic E-state index is 12.1. The van der Waals surface area contributed by atoms with Crippen molar-refractivity contribution in [2.24, 2.45) is 0 Å². The molecule has 0 fully saturated rings. The van der Waals surface area contributed by atoms with E-state index in [4.69, 9.17) is 23.2 Å². The summed E-state index contributed by atoms with van der Waals surface area (Å²) in [5.41, 5.74) is 0.856. The summed E-state index contributed by atoms with van der Waals surface area (Å²) >= 11 is 11.8. The first-order chi connectivity index (χ1) is 9.97. The highest BCUT2D eigenvalue weighted by molar-refractivity contribution is 6.31. The monoisotopic (exact) mass is 324 g/mol. The number of carbonyl (C=O) groups excluding carboxylic acids is 1. The van der Waals surface area contributed by atoms with Crippen molar-refractivity contribution in [3.63, 3.8) is 0 Å². The standard InChI is InChI=1S/C15H14Cl2N2O2/c1-9(6-10-4-2-3-5-12(10)16)19-14(20)11-7-13(17)15(21)18-8-11/h2-5,7-9H,6H2,1H3,(H,18,21)(H,19,20). The van der Waals surface area contributed by atoms with Crippen LogP contribution >= 0.6 is 23.2 Å². The molecule has 1 heterocycles. The van der Waals surface area contributed by atoms with Gasteiger partial charge in [-0.1, -0.05) is 41.4 Å². The van der Waals surface area contributed by atoms with Crippen molar-refractivity contribution in [1.29, 1.82) is 0 Å². The van der Waals surface area contributed by atoms with Gasteiger partial charge in [0.15, 0.2) is 0 Å². The largest absolute Gasteiger partial charge is 0.349 e. The molecule has 1 unspecified atom stereocenters. The van der Waals surface area contributed by atoms with Crippen molar-refractivity contribution in [1.82, 2.24) is 10.3 Å². The lowest BCUT2D eigenvalue weighted by molar-refractivity contribution is 0.0939. The zero-order valence-corrected chi connectivity index (χ0v) is 12.8. The van der Waals surface area contributed by atoms with Gasteiger partial charge < -0.3 is 10.3 Å². The minimum Gasteiger partial charge on any atom is -0.349 e. The number of H-pyrrole nitrogens is 1. The van der Waals surface area contributed by atoms with Gasteiger partial charge in [-0.05, 0) is 31.0 Å². The van der Waals surface area contributed by atoms with Gasteiger partial charge in [0.25, 0.3) is 11.5 Å². The summed E-state index contributed by atoms with van der Waals surface area (Å²) in [4.78, 5) is 25.6. The molecule has 0 bridgehead atoms. The minimum absolute atomic E-state index is 0.0126. The fourth-order valence-corrected chi connectivity index (χ4v) is 2.32. The molecule has 6 heteroatoms. The Balaban J connectivity index is 2.03. The van der Waals surface area contributed by atoms with E-state index in [1.54, 1.807) is 0 Å². The number of aromatic nitrogens is 1. The van der Waals surface area contributed by atoms with Gasteiger partial charge >= 0.3 is 0 Å². The molecule has 0 aliphatic rings. The summed E-state index contributed by atoms with van der Waals surface area (Å²) in [5, 5.41) is 3.50. The van der Waals surface area contributed by atoms with E-state index in [1.807, 2.05) is 31.2 Å². The molecule has 2 N–H and O–H groups in total. The molecule has 0 aliphatic heterocycles. The lowest BCUT2D eigenvalue weighted by Gasteiger charge is -2.14. The number of carbonyl (C=O) groups is 1. The second kappa shape index (κ2) is 6.78. The second-order valence-corrected chi connectivity index (χ2v) is 5.55. The molecule has 4 nitrogen and oxygen atoms in total. The van der Waals surface area contributed by atoms with Gasteiger partial charge in [-0.3, -0.25) is 9.59 Å². The Hall–Kier alpha value is -1.78. The van der Waals surface area contributed by atoms with Crippen LogP contribution in [0, 0.1) is 0 Å². The van der Waals surface area contributed by atoms with Gasteiger partial charge in [0.05, 0.1) is 5.56 Å². The fourth-order valence-electron chi connectivity index (χ4n) is 1.94. The Morgan fingerprint density at radius 2 is 2.00 bits per heavy atom. The number of aromatic amines is 1. The number of amides is 1. The average molecular weight is 325 g/mol. The smallest absolute Gasteiger partial charge is 0.266 e. The molecule has 1 aromatic carbocycles. The van der Waals surface area contributed by atoms with Crippen LogP contribution in [0.15, 0.2) is 41.3 Å². The van der Waals surface area contributed by atoms with E-state index in [0.29, 0.717) is 17.0 Å². The van der Waals surface area contributed by atoms with E-state index in [-0.39, 0.29) is 17.0 Å². The van der Waals surface area contributed by atoms with Crippen molar-refractivity contribution < 1.29 is 4.79 Å². The average Bonchev–Trinajstić information content (AvgIpc) is 2.44. The van der Waals surface area contributed by atoms with Gasteiger partial charge in [-0.2, -0.15) is 0 Å². The van der Waals surface area contributed by atoms with E-state index < -0.39 is 5.56 Å². The Bertz CT molecular complexity index is 713. The van der Waals surface area contributed by atoms with Gasteiger partial charge in [0.2, 0.25) is 0 Å². The van der Waals surface area contributed by atoms with E-state index >= 15 is 0 Å². The zero-order chi connectivity index (χ0) is 15.4. The van der Waals surface area contributed by atoms with E-state index in [0.717, 1.165) is 5.56 Å². The van der Waals surface area contributed by atoms with Crippen LogP contribution in [0.1, 0.15) is 22.8 Å². The van der Waals surface area contributed by atoms with Crippen molar-refractivity contribution in [2.75, 3.05) is 0 Å². The highest BCUT2D eigenvalue weighted by Crippen LogP contribution is 2.16. The van der Waals surface area contributed by atoms with Gasteiger partial charge in [0.1, 0.15) is 5.02 Å². The molecule has 0 radical (unpaired) electrons. The summed E-state index contributed by atoms with van der Waals surface area (Å²) in [6.07, 6.45) is 1.95. The Labute approximate surface area is 132 Å². The minimum atomic E-state index is -0.419. The molecule has 2 aromatic rings. The summed E-state index contributed by atoms with van der Waals surface area (Å²) in [6.45, 7) is 1.88. The quantitative estimate of drug-likeness (QED) is 0.908. The molecule has 1 aromatic heterocycles. The predicted molar refractivity (Wildman–Crippen MR) is 84.2 cm³/mol. The predicted octanol–water partition coefficient (Wildman–Crippen LogP) is 3.04. The number of nitrogens with one attached hydrogen (secondary N) is 2. The molecule has 1 atom stereocenters. The van der Waals surface area contributed by atoms with Crippen LogP contribution in [0.5, 0.6) is 0 Å². The Morgan fingerprint density at radius 1 is 1.29 bits per heavy atom. The van der Waals surface area contributed by atoms with Crippen LogP contribution in [0.2, 0.25) is 10.0 Å². The molecular weight excluding hydrogens is 311 g/mol. The SMILES string of the molecule is CC(Cc1ccccc1Cl)NC(=O)c1c[nH]c(=O)c(Cl)c1. The van der Waals surface area contributed by atoms with Gasteiger partial charge in [-0.15, -0.1) is 0 Å². The molecular formula is C15H14Cl2N2O2. The lowest BCUT2D eigenvalue weighted by Crippen LogP contribution is -2.34. The normalized spacial score (nSPS) is 12.0. The second-order valence-electron chi connectivity index (χ2n) is 4.74. The van der Waals surface area contributed by atoms with E-state index in [1.165, 1.54) is 12.3 Å². The molecule has 21 heavy (non-hydrogen) atoms. The van der Waals surface area contributed by atoms with Crippen LogP contribution in [-0.4, -0.2) is 16.9 Å². The third-order valence-electron chi connectivity index (χ3n) is 2.98. The lowest BCUT2D eigenvalue weighted by atomic mass is 10.1. The fraction of sp³-hybridized carbons (Fsp3) is 0.200. The summed E-state index contributed by atoms with van der Waals surface area (Å²) in [5.74, 6) is -0.298. The molecule has 0 saturated carbocycles. The van der Waals surface area contributed by atoms with Gasteiger partial charge in [-0.25, -0.2) is 0 Å². The number of hydrogen-bond donors (Lipinski definition) is 2. The maximum atomic E-state index is 12.1. The van der Waals surface area contributed by atoms with Crippen molar-refractivity contribution in [2.45, 2.75) is 19.4 Å². The van der Waals surface area contributed by atoms with Crippen LogP contribution in [-0.2, 0) is 6.42 Å². The zero-order valence-electron chi connectivity index (χ0n) is 11.3. The Kier molecular flexibility index (Phi) is 5.04. The van der Waals surface area contributed by atoms with Crippen molar-refractivity contribution >= 4 is 29.1 Å². The third kappa shape index (κ3) is 4.09. The summed E-state index contributed by atoms with van der Waals surface area (Å²) in [6, 6.07) is 8.73. The first-order valence-electron chi connectivity index (χ1n) is 6.40. The maximum Gasteiger partial charge on any atom is 0.266 e. The first kappa shape index (κ1) is 15.6. The molecule has 0 saturated heterocycles. The highest BCUT2D eigenvalue weighted by atomic mass is 35.5. The van der Waals surface area contributed by atoms with Crippen LogP contribution < -0.4 is 10.9 Å². The topological polar surface area (TPSA) is 62.0 Å². The Morgan fingerprint density at radius 3 is 2.67 bits per heavy atom. The van der Waals surface area contributed by atoms with Crippen molar-refractivity contribution in [3.8, 4) is 0 Å². The molecule has 2 rings (SSSR count). The number of hydrogen-bond acceptors (Lipinski definition) is 2. The first-order valence-corrected chi connectivity index (χ1v) is 7.15. The summed E-state index contributed by atoms with van der Waals surface area (Å²) in [7, 11) is 0. The number of pyridine rings is 1. The third-order valence-corrected chi connectivity index (χ3v) is 3.63.